The van der Waals surface area contributed by atoms with Crippen molar-refractivity contribution >= 4 is 119 Å². The number of para-hydroxylation sites is 1. The zero-order chi connectivity index (χ0) is 90.1. The highest BCUT2D eigenvalue weighted by Crippen LogP contribution is 2.48. The molecule has 8 aromatic heterocycles. The van der Waals surface area contributed by atoms with Crippen molar-refractivity contribution in [2.75, 3.05) is 0 Å². The van der Waals surface area contributed by atoms with Gasteiger partial charge in [0, 0.05) is 113 Å². The molecule has 19 aromatic carbocycles. The smallest absolute Gasteiger partial charge is 0.238 e. The summed E-state index contributed by atoms with van der Waals surface area (Å²) in [6.45, 7) is 0. The van der Waals surface area contributed by atoms with Crippen LogP contribution in [0.3, 0.4) is 0 Å². The molecule has 0 amide bonds. The fourth-order valence-electron chi connectivity index (χ4n) is 20.0. The third kappa shape index (κ3) is 13.7. The molecule has 638 valence electrons. The van der Waals surface area contributed by atoms with Gasteiger partial charge in [0.25, 0.3) is 0 Å². The molecule has 8 heterocycles. The molecule has 13 nitrogen and oxygen atoms in total. The minimum absolute atomic E-state index is 0.488. The average Bonchev–Trinajstić information content (AvgIpc) is 1.58. The molecule has 0 aliphatic rings. The number of fused-ring (bicyclic) bond motifs is 15. The summed E-state index contributed by atoms with van der Waals surface area (Å²) in [7, 11) is 0. The number of thiophene rings is 1. The van der Waals surface area contributed by atoms with Crippen molar-refractivity contribution in [3.8, 4) is 169 Å². The van der Waals surface area contributed by atoms with Gasteiger partial charge in [-0.05, 0) is 182 Å². The molecular weight excluding hydrogens is 1700 g/mol. The van der Waals surface area contributed by atoms with Crippen molar-refractivity contribution in [2.24, 2.45) is 0 Å². The van der Waals surface area contributed by atoms with Crippen LogP contribution in [0.4, 0.5) is 0 Å². The number of hydrogen-bond acceptors (Lipinski definition) is 12. The van der Waals surface area contributed by atoms with Crippen LogP contribution >= 0.6 is 11.3 Å². The molecule has 0 spiro atoms. The zero-order valence-electron chi connectivity index (χ0n) is 73.3. The number of furan rings is 2. The molecular formula is C123H73N11O2S. The Morgan fingerprint density at radius 1 is 0.175 bits per heavy atom. The van der Waals surface area contributed by atoms with Gasteiger partial charge < -0.3 is 13.4 Å². The summed E-state index contributed by atoms with van der Waals surface area (Å²) in [5, 5.41) is 10.8. The summed E-state index contributed by atoms with van der Waals surface area (Å²) in [5.41, 5.74) is 28.0. The van der Waals surface area contributed by atoms with Crippen LogP contribution in [0.5, 0.6) is 0 Å². The maximum absolute atomic E-state index is 6.81. The molecule has 0 saturated heterocycles. The molecule has 0 fully saturated rings. The highest BCUT2D eigenvalue weighted by molar-refractivity contribution is 7.26. The van der Waals surface area contributed by atoms with Gasteiger partial charge >= 0.3 is 0 Å². The number of nitrogens with zero attached hydrogens (tertiary/aromatic N) is 11. The van der Waals surface area contributed by atoms with E-state index < -0.39 is 0 Å². The van der Waals surface area contributed by atoms with Crippen molar-refractivity contribution in [1.29, 1.82) is 0 Å². The molecule has 27 rings (SSSR count). The van der Waals surface area contributed by atoms with Crippen molar-refractivity contribution in [1.82, 2.24) is 54.0 Å². The first kappa shape index (κ1) is 78.5. The van der Waals surface area contributed by atoms with Crippen LogP contribution in [0.15, 0.2) is 452 Å². The van der Waals surface area contributed by atoms with Gasteiger partial charge in [-0.3, -0.25) is 4.57 Å². The first-order chi connectivity index (χ1) is 67.8. The molecule has 137 heavy (non-hydrogen) atoms. The van der Waals surface area contributed by atoms with Gasteiger partial charge in [0.05, 0.1) is 22.1 Å². The van der Waals surface area contributed by atoms with Crippen LogP contribution in [0.2, 0.25) is 0 Å². The van der Waals surface area contributed by atoms with E-state index in [0.29, 0.717) is 52.5 Å². The van der Waals surface area contributed by atoms with Crippen LogP contribution in [0, 0.1) is 0 Å². The quantitative estimate of drug-likeness (QED) is 0.0909. The monoisotopic (exact) mass is 1770 g/mol. The Bertz CT molecular complexity index is 9430. The Labute approximate surface area is 788 Å². The molecule has 0 unspecified atom stereocenters. The van der Waals surface area contributed by atoms with E-state index >= 15 is 0 Å². The van der Waals surface area contributed by atoms with E-state index in [4.69, 9.17) is 53.7 Å². The average molecular weight is 1770 g/mol. The van der Waals surface area contributed by atoms with Gasteiger partial charge in [-0.15, -0.1) is 11.3 Å². The van der Waals surface area contributed by atoms with E-state index in [1.165, 1.54) is 42.1 Å². The van der Waals surface area contributed by atoms with E-state index in [9.17, 15) is 0 Å². The maximum Gasteiger partial charge on any atom is 0.238 e. The molecule has 0 saturated carbocycles. The number of hydrogen-bond donors (Lipinski definition) is 0. The van der Waals surface area contributed by atoms with E-state index in [1.807, 2.05) is 163 Å². The number of aromatic nitrogens is 11. The minimum Gasteiger partial charge on any atom is -0.456 e. The van der Waals surface area contributed by atoms with E-state index in [2.05, 4.69) is 300 Å². The van der Waals surface area contributed by atoms with Crippen molar-refractivity contribution in [2.45, 2.75) is 0 Å². The molecule has 0 atom stereocenters. The van der Waals surface area contributed by atoms with Crippen LogP contribution in [0.1, 0.15) is 0 Å². The van der Waals surface area contributed by atoms with Crippen LogP contribution in [-0.2, 0) is 0 Å². The summed E-state index contributed by atoms with van der Waals surface area (Å²) in [4.78, 5) is 47.3. The van der Waals surface area contributed by atoms with E-state index in [-0.39, 0.29) is 0 Å². The molecule has 0 bridgehead atoms. The maximum atomic E-state index is 6.81. The highest BCUT2D eigenvalue weighted by Gasteiger charge is 2.26. The van der Waals surface area contributed by atoms with Gasteiger partial charge in [0.1, 0.15) is 22.3 Å². The van der Waals surface area contributed by atoms with Gasteiger partial charge in [0.2, 0.25) is 5.95 Å². The molecule has 27 aromatic rings. The lowest BCUT2D eigenvalue weighted by atomic mass is 9.94. The largest absolute Gasteiger partial charge is 0.456 e. The Kier molecular flexibility index (Phi) is 18.5. The number of benzene rings is 19. The summed E-state index contributed by atoms with van der Waals surface area (Å²) in [6.07, 6.45) is 0. The second kappa shape index (κ2) is 32.3. The SMILES string of the molecule is c1ccc(-c2nc(-c3ccccc3)nc(-c3cccc(-c4cccc(-c5cccc6oc7ccc(-c8ccc9c(c8)c8cc(-c%10cccc(-c%11nc(-c%12ccccc%12)nc(-c%12cccc%13oc%14ccc(-c%15ccc%16c(c%15)c%15ccccc%15n%16-c%15ccc(-c%16cccc%17c%16sc%16ccccc%16%17)cc%15)cc%14c%12%13)n%11)c%10)ccc8n9-c8nc(-c9ccccc9)nc(-c9ccccc9)n8)cc7c56)c4)c3)n2)cc1. The highest BCUT2D eigenvalue weighted by atomic mass is 32.1. The Hall–Kier alpha value is -18.4. The van der Waals surface area contributed by atoms with Gasteiger partial charge in [-0.2, -0.15) is 9.97 Å². The van der Waals surface area contributed by atoms with Crippen molar-refractivity contribution in [3.63, 3.8) is 0 Å². The first-order valence-electron chi connectivity index (χ1n) is 45.8. The summed E-state index contributed by atoms with van der Waals surface area (Å²) in [5.74, 6) is 5.01. The van der Waals surface area contributed by atoms with Gasteiger partial charge in [0.15, 0.2) is 46.6 Å². The lowest BCUT2D eigenvalue weighted by Gasteiger charge is -2.12. The third-order valence-corrected chi connectivity index (χ3v) is 27.7. The summed E-state index contributed by atoms with van der Waals surface area (Å²) < 4.78 is 20.8. The summed E-state index contributed by atoms with van der Waals surface area (Å²) >= 11 is 1.86. The lowest BCUT2D eigenvalue weighted by molar-refractivity contribution is 0.668. The Morgan fingerprint density at radius 2 is 0.496 bits per heavy atom. The summed E-state index contributed by atoms with van der Waals surface area (Å²) in [6, 6.07) is 155. The van der Waals surface area contributed by atoms with Gasteiger partial charge in [-0.1, -0.05) is 328 Å². The normalized spacial score (nSPS) is 11.8. The van der Waals surface area contributed by atoms with Crippen LogP contribution < -0.4 is 0 Å². The predicted molar refractivity (Wildman–Crippen MR) is 559 cm³/mol. The second-order valence-electron chi connectivity index (χ2n) is 34.7. The predicted octanol–water partition coefficient (Wildman–Crippen LogP) is 31.9. The molecule has 0 radical (unpaired) electrons. The topological polar surface area (TPSA) is 152 Å². The van der Waals surface area contributed by atoms with Crippen LogP contribution in [0.25, 0.3) is 277 Å². The fraction of sp³-hybridized carbons (Fsp3) is 0. The first-order valence-corrected chi connectivity index (χ1v) is 46.6. The number of rotatable bonds is 16. The molecule has 0 aliphatic carbocycles. The minimum atomic E-state index is 0.488. The van der Waals surface area contributed by atoms with Gasteiger partial charge in [-0.25, -0.2) is 34.9 Å². The Morgan fingerprint density at radius 3 is 0.993 bits per heavy atom. The van der Waals surface area contributed by atoms with Crippen LogP contribution in [-0.4, -0.2) is 54.0 Å². The standard InChI is InChI=1S/C123H73N11O2S/c1-6-26-75(27-7-1)115-124-116(76-28-8-2-9-29-76)126-120(125-115)89-40-21-37-81(67-89)80-36-20-39-88(66-80)92-44-24-49-109-112(92)101-72-86(57-64-107(101)135-109)85-56-63-106-100(71-85)99-70-83(55-62-105(99)134(106)123-131-118(78-32-12-4-13-33-78)128-119(132-123)79-34-14-5-15-35-79)82-38-22-41-90(68-82)121-127-117(77-30-10-3-11-31-77)129-122(130-121)97-47-25-50-110-113(97)102-73-87(58-65-108(102)136-110)84-54-61-104-98(69-84)94-42-16-18-48-103(94)133(104)91-59-52-74(53-60-91)93-45-23-46-96-95-43-17-19-51-111(95)137-114(93)96/h1-73H. The molecule has 0 N–H and O–H groups in total. The van der Waals surface area contributed by atoms with E-state index in [1.54, 1.807) is 0 Å². The van der Waals surface area contributed by atoms with E-state index in [0.717, 1.165) is 183 Å². The van der Waals surface area contributed by atoms with Crippen molar-refractivity contribution < 1.29 is 8.83 Å². The molecule has 14 heteroatoms. The molecule has 0 aliphatic heterocycles. The fourth-order valence-corrected chi connectivity index (χ4v) is 21.2. The third-order valence-electron chi connectivity index (χ3n) is 26.5. The lowest BCUT2D eigenvalue weighted by Crippen LogP contribution is -2.06. The Balaban J connectivity index is 0.555. The zero-order valence-corrected chi connectivity index (χ0v) is 74.1. The second-order valence-corrected chi connectivity index (χ2v) is 35.7. The van der Waals surface area contributed by atoms with Crippen molar-refractivity contribution in [3.05, 3.63) is 443 Å².